The summed E-state index contributed by atoms with van der Waals surface area (Å²) in [4.78, 5) is 0. The van der Waals surface area contributed by atoms with E-state index in [9.17, 15) is 0 Å². The second-order valence-electron chi connectivity index (χ2n) is 4.97. The van der Waals surface area contributed by atoms with Gasteiger partial charge in [0, 0.05) is 12.1 Å². The van der Waals surface area contributed by atoms with Crippen molar-refractivity contribution < 1.29 is 9.26 Å². The van der Waals surface area contributed by atoms with E-state index >= 15 is 0 Å². The Balaban J connectivity index is 1.98. The second-order valence-corrected chi connectivity index (χ2v) is 4.97. The summed E-state index contributed by atoms with van der Waals surface area (Å²) in [6.07, 6.45) is 2.76. The molecule has 1 unspecified atom stereocenters. The third-order valence-corrected chi connectivity index (χ3v) is 3.26. The van der Waals surface area contributed by atoms with E-state index in [1.54, 1.807) is 12.3 Å². The number of nitrogens with zero attached hydrogens (tertiary/aromatic N) is 1. The van der Waals surface area contributed by atoms with Gasteiger partial charge in [0.25, 0.3) is 0 Å². The molecule has 0 aliphatic carbocycles. The highest BCUT2D eigenvalue weighted by molar-refractivity contribution is 5.37. The van der Waals surface area contributed by atoms with Crippen molar-refractivity contribution in [2.45, 2.75) is 39.8 Å². The van der Waals surface area contributed by atoms with Crippen molar-refractivity contribution in [2.75, 3.05) is 6.54 Å². The minimum atomic E-state index is 0.358. The van der Waals surface area contributed by atoms with Gasteiger partial charge in [-0.05, 0) is 44.0 Å². The predicted octanol–water partition coefficient (Wildman–Crippen LogP) is 3.62. The van der Waals surface area contributed by atoms with Crippen LogP contribution >= 0.6 is 0 Å². The largest absolute Gasteiger partial charge is 0.485 e. The molecular weight excluding hydrogens is 252 g/mol. The van der Waals surface area contributed by atoms with Gasteiger partial charge in [-0.3, -0.25) is 0 Å². The molecule has 0 saturated carbocycles. The van der Waals surface area contributed by atoms with E-state index in [1.165, 1.54) is 5.56 Å². The Bertz CT molecular complexity index is 523. The van der Waals surface area contributed by atoms with Gasteiger partial charge in [0.1, 0.15) is 12.4 Å². The molecule has 0 aliphatic heterocycles. The average Bonchev–Trinajstić information content (AvgIpc) is 2.96. The molecule has 1 N–H and O–H groups in total. The number of hydrogen-bond acceptors (Lipinski definition) is 4. The smallest absolute Gasteiger partial charge is 0.174 e. The molecule has 1 aromatic carbocycles. The fourth-order valence-electron chi connectivity index (χ4n) is 2.05. The summed E-state index contributed by atoms with van der Waals surface area (Å²) in [7, 11) is 0. The molecule has 1 atom stereocenters. The maximum Gasteiger partial charge on any atom is 0.174 e. The third kappa shape index (κ3) is 3.84. The summed E-state index contributed by atoms with van der Waals surface area (Å²) in [5.74, 6) is 1.61. The standard InChI is InChI=1S/C16H22N2O2/c1-4-8-17-13(3)14-5-6-16(12(2)10-14)19-11-15-7-9-18-20-15/h5-7,9-10,13,17H,4,8,11H2,1-3H3. The molecule has 0 saturated heterocycles. The van der Waals surface area contributed by atoms with Gasteiger partial charge in [-0.2, -0.15) is 0 Å². The summed E-state index contributed by atoms with van der Waals surface area (Å²) in [6.45, 7) is 7.85. The molecule has 4 nitrogen and oxygen atoms in total. The van der Waals surface area contributed by atoms with Crippen LogP contribution in [0.4, 0.5) is 0 Å². The quantitative estimate of drug-likeness (QED) is 0.837. The summed E-state index contributed by atoms with van der Waals surface area (Å²) in [5, 5.41) is 7.15. The van der Waals surface area contributed by atoms with Gasteiger partial charge in [0.15, 0.2) is 5.76 Å². The summed E-state index contributed by atoms with van der Waals surface area (Å²) in [6, 6.07) is 8.46. The van der Waals surface area contributed by atoms with Gasteiger partial charge >= 0.3 is 0 Å². The lowest BCUT2D eigenvalue weighted by molar-refractivity contribution is 0.248. The zero-order chi connectivity index (χ0) is 14.4. The molecule has 0 spiro atoms. The van der Waals surface area contributed by atoms with Gasteiger partial charge in [-0.1, -0.05) is 24.2 Å². The number of ether oxygens (including phenoxy) is 1. The maximum atomic E-state index is 5.74. The molecule has 0 bridgehead atoms. The third-order valence-electron chi connectivity index (χ3n) is 3.26. The molecule has 1 aromatic heterocycles. The molecule has 4 heteroatoms. The number of rotatable bonds is 7. The number of nitrogens with one attached hydrogen (secondary N) is 1. The Kier molecular flexibility index (Phi) is 5.18. The molecule has 2 aromatic rings. The van der Waals surface area contributed by atoms with Gasteiger partial charge in [-0.25, -0.2) is 0 Å². The SMILES string of the molecule is CCCNC(C)c1ccc(OCc2ccno2)c(C)c1. The van der Waals surface area contributed by atoms with E-state index in [-0.39, 0.29) is 0 Å². The highest BCUT2D eigenvalue weighted by Gasteiger charge is 2.08. The Labute approximate surface area is 120 Å². The molecule has 1 heterocycles. The maximum absolute atomic E-state index is 5.74. The topological polar surface area (TPSA) is 47.3 Å². The first kappa shape index (κ1) is 14.6. The van der Waals surface area contributed by atoms with Crippen molar-refractivity contribution in [1.82, 2.24) is 10.5 Å². The molecular formula is C16H22N2O2. The van der Waals surface area contributed by atoms with Crippen molar-refractivity contribution >= 4 is 0 Å². The first-order chi connectivity index (χ1) is 9.70. The minimum absolute atomic E-state index is 0.358. The van der Waals surface area contributed by atoms with Crippen LogP contribution in [0, 0.1) is 6.92 Å². The van der Waals surface area contributed by atoms with Crippen molar-refractivity contribution in [1.29, 1.82) is 0 Å². The van der Waals surface area contributed by atoms with Crippen LogP contribution in [0.15, 0.2) is 35.0 Å². The first-order valence-electron chi connectivity index (χ1n) is 7.07. The Morgan fingerprint density at radius 2 is 2.20 bits per heavy atom. The van der Waals surface area contributed by atoms with Crippen molar-refractivity contribution in [2.24, 2.45) is 0 Å². The number of benzene rings is 1. The van der Waals surface area contributed by atoms with Crippen LogP contribution in [0.5, 0.6) is 5.75 Å². The van der Waals surface area contributed by atoms with E-state index in [0.717, 1.165) is 30.0 Å². The molecule has 2 rings (SSSR count). The zero-order valence-corrected chi connectivity index (χ0v) is 12.3. The summed E-state index contributed by atoms with van der Waals surface area (Å²) < 4.78 is 10.8. The number of aryl methyl sites for hydroxylation is 1. The highest BCUT2D eigenvalue weighted by Crippen LogP contribution is 2.23. The fraction of sp³-hybridized carbons (Fsp3) is 0.438. The molecule has 0 amide bonds. The first-order valence-corrected chi connectivity index (χ1v) is 7.07. The summed E-state index contributed by atoms with van der Waals surface area (Å²) in [5.41, 5.74) is 2.41. The van der Waals surface area contributed by atoms with Crippen LogP contribution in [0.1, 0.15) is 43.2 Å². The van der Waals surface area contributed by atoms with Crippen LogP contribution in [-0.2, 0) is 6.61 Å². The van der Waals surface area contributed by atoms with E-state index in [4.69, 9.17) is 9.26 Å². The van der Waals surface area contributed by atoms with Gasteiger partial charge < -0.3 is 14.6 Å². The second kappa shape index (κ2) is 7.10. The van der Waals surface area contributed by atoms with Crippen molar-refractivity contribution in [3.63, 3.8) is 0 Å². The summed E-state index contributed by atoms with van der Waals surface area (Å²) >= 11 is 0. The zero-order valence-electron chi connectivity index (χ0n) is 12.3. The lowest BCUT2D eigenvalue weighted by Gasteiger charge is -2.16. The van der Waals surface area contributed by atoms with Crippen LogP contribution in [-0.4, -0.2) is 11.7 Å². The van der Waals surface area contributed by atoms with Crippen LogP contribution in [0.2, 0.25) is 0 Å². The lowest BCUT2D eigenvalue weighted by atomic mass is 10.0. The van der Waals surface area contributed by atoms with Gasteiger partial charge in [-0.15, -0.1) is 0 Å². The molecule has 0 fully saturated rings. The van der Waals surface area contributed by atoms with E-state index in [2.05, 4.69) is 43.4 Å². The van der Waals surface area contributed by atoms with Gasteiger partial charge in [0.05, 0.1) is 6.20 Å². The molecule has 0 radical (unpaired) electrons. The normalized spacial score (nSPS) is 12.3. The van der Waals surface area contributed by atoms with E-state index in [0.29, 0.717) is 12.6 Å². The number of aromatic nitrogens is 1. The van der Waals surface area contributed by atoms with E-state index < -0.39 is 0 Å². The monoisotopic (exact) mass is 274 g/mol. The molecule has 108 valence electrons. The molecule has 0 aliphatic rings. The van der Waals surface area contributed by atoms with Crippen molar-refractivity contribution in [3.05, 3.63) is 47.3 Å². The van der Waals surface area contributed by atoms with Crippen LogP contribution < -0.4 is 10.1 Å². The van der Waals surface area contributed by atoms with Crippen LogP contribution in [0.3, 0.4) is 0 Å². The predicted molar refractivity (Wildman–Crippen MR) is 78.7 cm³/mol. The minimum Gasteiger partial charge on any atom is -0.485 e. The Morgan fingerprint density at radius 1 is 1.35 bits per heavy atom. The average molecular weight is 274 g/mol. The van der Waals surface area contributed by atoms with Crippen molar-refractivity contribution in [3.8, 4) is 5.75 Å². The lowest BCUT2D eigenvalue weighted by Crippen LogP contribution is -2.19. The molecule has 20 heavy (non-hydrogen) atoms. The Hall–Kier alpha value is -1.81. The Morgan fingerprint density at radius 3 is 2.85 bits per heavy atom. The van der Waals surface area contributed by atoms with E-state index in [1.807, 2.05) is 6.07 Å². The van der Waals surface area contributed by atoms with Gasteiger partial charge in [0.2, 0.25) is 0 Å². The number of hydrogen-bond donors (Lipinski definition) is 1. The van der Waals surface area contributed by atoms with Crippen LogP contribution in [0.25, 0.3) is 0 Å². The fourth-order valence-corrected chi connectivity index (χ4v) is 2.05. The highest BCUT2D eigenvalue weighted by atomic mass is 16.5.